The normalized spacial score (nSPS) is 14.6. The third kappa shape index (κ3) is 7.38. The SMILES string of the molecule is C=CCC[C@@H](CC[C@@H](C)CCO)C(=C)C. The van der Waals surface area contributed by atoms with Crippen molar-refractivity contribution in [1.29, 1.82) is 0 Å². The van der Waals surface area contributed by atoms with Crippen LogP contribution in [0.2, 0.25) is 0 Å². The van der Waals surface area contributed by atoms with Crippen LogP contribution < -0.4 is 0 Å². The van der Waals surface area contributed by atoms with Gasteiger partial charge >= 0.3 is 0 Å². The smallest absolute Gasteiger partial charge is 0.0433 e. The molecule has 0 fully saturated rings. The fraction of sp³-hybridized carbons (Fsp3) is 0.714. The van der Waals surface area contributed by atoms with Crippen molar-refractivity contribution in [2.75, 3.05) is 6.61 Å². The number of aliphatic hydroxyl groups excluding tert-OH is 1. The van der Waals surface area contributed by atoms with E-state index in [0.29, 0.717) is 18.4 Å². The lowest BCUT2D eigenvalue weighted by molar-refractivity contribution is 0.253. The topological polar surface area (TPSA) is 20.2 Å². The summed E-state index contributed by atoms with van der Waals surface area (Å²) in [6.07, 6.45) is 7.54. The molecule has 0 spiro atoms. The standard InChI is InChI=1S/C14H26O/c1-5-6-7-14(12(2)3)9-8-13(4)10-11-15/h5,13-15H,1-2,6-11H2,3-4H3/t13-,14+/m1/s1. The molecule has 15 heavy (non-hydrogen) atoms. The second-order valence-corrected chi connectivity index (χ2v) is 4.60. The molecule has 0 aliphatic rings. The van der Waals surface area contributed by atoms with Crippen LogP contribution in [0, 0.1) is 11.8 Å². The molecule has 0 radical (unpaired) electrons. The zero-order chi connectivity index (χ0) is 11.7. The molecule has 88 valence electrons. The number of hydrogen-bond acceptors (Lipinski definition) is 1. The quantitative estimate of drug-likeness (QED) is 0.571. The van der Waals surface area contributed by atoms with Crippen molar-refractivity contribution >= 4 is 0 Å². The second kappa shape index (κ2) is 8.72. The van der Waals surface area contributed by atoms with Gasteiger partial charge in [0.25, 0.3) is 0 Å². The average molecular weight is 210 g/mol. The molecular formula is C14H26O. The first-order valence-electron chi connectivity index (χ1n) is 5.99. The first-order valence-corrected chi connectivity index (χ1v) is 5.99. The van der Waals surface area contributed by atoms with Gasteiger partial charge in [0.2, 0.25) is 0 Å². The highest BCUT2D eigenvalue weighted by atomic mass is 16.3. The maximum atomic E-state index is 8.82. The molecule has 0 aromatic heterocycles. The van der Waals surface area contributed by atoms with Crippen LogP contribution in [0.1, 0.15) is 46.0 Å². The molecule has 0 aromatic rings. The van der Waals surface area contributed by atoms with Gasteiger partial charge in [0, 0.05) is 6.61 Å². The molecule has 1 heteroatoms. The minimum Gasteiger partial charge on any atom is -0.396 e. The zero-order valence-corrected chi connectivity index (χ0v) is 10.3. The highest BCUT2D eigenvalue weighted by Gasteiger charge is 2.10. The Labute approximate surface area is 94.9 Å². The van der Waals surface area contributed by atoms with E-state index < -0.39 is 0 Å². The van der Waals surface area contributed by atoms with Gasteiger partial charge in [-0.05, 0) is 44.4 Å². The van der Waals surface area contributed by atoms with Crippen LogP contribution in [-0.4, -0.2) is 11.7 Å². The summed E-state index contributed by atoms with van der Waals surface area (Å²) in [5, 5.41) is 8.82. The van der Waals surface area contributed by atoms with E-state index in [0.717, 1.165) is 12.8 Å². The Hall–Kier alpha value is -0.560. The van der Waals surface area contributed by atoms with Crippen molar-refractivity contribution in [3.63, 3.8) is 0 Å². The van der Waals surface area contributed by atoms with Gasteiger partial charge in [-0.25, -0.2) is 0 Å². The van der Waals surface area contributed by atoms with Crippen molar-refractivity contribution in [2.45, 2.75) is 46.0 Å². The van der Waals surface area contributed by atoms with Crippen molar-refractivity contribution in [2.24, 2.45) is 11.8 Å². The van der Waals surface area contributed by atoms with Crippen LogP contribution in [0.3, 0.4) is 0 Å². The minimum atomic E-state index is 0.311. The molecule has 0 amide bonds. The van der Waals surface area contributed by atoms with Crippen LogP contribution in [0.25, 0.3) is 0 Å². The predicted molar refractivity (Wildman–Crippen MR) is 67.8 cm³/mol. The molecule has 1 nitrogen and oxygen atoms in total. The molecule has 0 rings (SSSR count). The molecule has 0 heterocycles. The summed E-state index contributed by atoms with van der Waals surface area (Å²) in [5.74, 6) is 1.25. The molecule has 0 aromatic carbocycles. The first-order chi connectivity index (χ1) is 7.11. The van der Waals surface area contributed by atoms with Gasteiger partial charge in [0.05, 0.1) is 0 Å². The average Bonchev–Trinajstić information content (AvgIpc) is 2.17. The lowest BCUT2D eigenvalue weighted by Gasteiger charge is -2.18. The van der Waals surface area contributed by atoms with Crippen molar-refractivity contribution in [3.05, 3.63) is 24.8 Å². The lowest BCUT2D eigenvalue weighted by Crippen LogP contribution is -2.05. The number of hydrogen-bond donors (Lipinski definition) is 1. The summed E-state index contributed by atoms with van der Waals surface area (Å²) in [4.78, 5) is 0. The molecule has 1 N–H and O–H groups in total. The van der Waals surface area contributed by atoms with E-state index in [2.05, 4.69) is 27.0 Å². The molecule has 0 aliphatic heterocycles. The first kappa shape index (κ1) is 14.4. The molecular weight excluding hydrogens is 184 g/mol. The summed E-state index contributed by atoms with van der Waals surface area (Å²) in [7, 11) is 0. The van der Waals surface area contributed by atoms with Crippen molar-refractivity contribution in [1.82, 2.24) is 0 Å². The lowest BCUT2D eigenvalue weighted by atomic mass is 9.88. The summed E-state index contributed by atoms with van der Waals surface area (Å²) >= 11 is 0. The van der Waals surface area contributed by atoms with Gasteiger partial charge in [-0.3, -0.25) is 0 Å². The van der Waals surface area contributed by atoms with Crippen molar-refractivity contribution in [3.8, 4) is 0 Å². The highest BCUT2D eigenvalue weighted by Crippen LogP contribution is 2.24. The Kier molecular flexibility index (Phi) is 8.40. The Morgan fingerprint density at radius 3 is 2.40 bits per heavy atom. The van der Waals surface area contributed by atoms with Gasteiger partial charge in [-0.15, -0.1) is 6.58 Å². The summed E-state index contributed by atoms with van der Waals surface area (Å²) in [6, 6.07) is 0. The summed E-state index contributed by atoms with van der Waals surface area (Å²) in [6.45, 7) is 12.4. The fourth-order valence-corrected chi connectivity index (χ4v) is 1.81. The van der Waals surface area contributed by atoms with E-state index in [1.165, 1.54) is 24.8 Å². The predicted octanol–water partition coefficient (Wildman–Crippen LogP) is 3.94. The molecule has 0 saturated heterocycles. The highest BCUT2D eigenvalue weighted by molar-refractivity contribution is 4.96. The number of rotatable bonds is 9. The van der Waals surface area contributed by atoms with Gasteiger partial charge in [0.1, 0.15) is 0 Å². The van der Waals surface area contributed by atoms with Crippen LogP contribution >= 0.6 is 0 Å². The minimum absolute atomic E-state index is 0.311. The Morgan fingerprint density at radius 1 is 1.27 bits per heavy atom. The maximum absolute atomic E-state index is 8.82. The van der Waals surface area contributed by atoms with Crippen LogP contribution in [0.5, 0.6) is 0 Å². The molecule has 0 saturated carbocycles. The Balaban J connectivity index is 3.84. The van der Waals surface area contributed by atoms with Crippen LogP contribution in [-0.2, 0) is 0 Å². The van der Waals surface area contributed by atoms with Crippen LogP contribution in [0.4, 0.5) is 0 Å². The largest absolute Gasteiger partial charge is 0.396 e. The van der Waals surface area contributed by atoms with Gasteiger partial charge in [0.15, 0.2) is 0 Å². The zero-order valence-electron chi connectivity index (χ0n) is 10.3. The van der Waals surface area contributed by atoms with E-state index in [4.69, 9.17) is 5.11 Å². The molecule has 0 bridgehead atoms. The van der Waals surface area contributed by atoms with Crippen molar-refractivity contribution < 1.29 is 5.11 Å². The third-order valence-corrected chi connectivity index (χ3v) is 3.05. The van der Waals surface area contributed by atoms with Crippen LogP contribution in [0.15, 0.2) is 24.8 Å². The van der Waals surface area contributed by atoms with E-state index in [1.54, 1.807) is 0 Å². The molecule has 2 atom stereocenters. The van der Waals surface area contributed by atoms with E-state index >= 15 is 0 Å². The Morgan fingerprint density at radius 2 is 1.93 bits per heavy atom. The monoisotopic (exact) mass is 210 g/mol. The van der Waals surface area contributed by atoms with Gasteiger partial charge in [-0.2, -0.15) is 0 Å². The van der Waals surface area contributed by atoms with E-state index in [1.807, 2.05) is 6.08 Å². The van der Waals surface area contributed by atoms with E-state index in [9.17, 15) is 0 Å². The summed E-state index contributed by atoms with van der Waals surface area (Å²) in [5.41, 5.74) is 1.29. The molecule has 0 aliphatic carbocycles. The number of aliphatic hydroxyl groups is 1. The maximum Gasteiger partial charge on any atom is 0.0433 e. The van der Waals surface area contributed by atoms with Gasteiger partial charge < -0.3 is 5.11 Å². The van der Waals surface area contributed by atoms with Gasteiger partial charge in [-0.1, -0.05) is 31.6 Å². The molecule has 0 unspecified atom stereocenters. The Bertz CT molecular complexity index is 184. The fourth-order valence-electron chi connectivity index (χ4n) is 1.81. The van der Waals surface area contributed by atoms with E-state index in [-0.39, 0.29) is 0 Å². The summed E-state index contributed by atoms with van der Waals surface area (Å²) < 4.78 is 0. The number of allylic oxidation sites excluding steroid dienone is 2. The second-order valence-electron chi connectivity index (χ2n) is 4.60. The third-order valence-electron chi connectivity index (χ3n) is 3.05.